The first kappa shape index (κ1) is 10.3. The normalized spacial score (nSPS) is 12.7. The Kier molecular flexibility index (Phi) is 3.08. The molecule has 0 fully saturated rings. The van der Waals surface area contributed by atoms with Crippen molar-refractivity contribution >= 4 is 11.3 Å². The Hall–Kier alpha value is -1.26. The van der Waals surface area contributed by atoms with Crippen LogP contribution < -0.4 is 5.73 Å². The summed E-state index contributed by atoms with van der Waals surface area (Å²) in [6, 6.07) is 4.00. The Morgan fingerprint density at radius 3 is 3.07 bits per heavy atom. The summed E-state index contributed by atoms with van der Waals surface area (Å²) in [5.41, 5.74) is 10.1. The average molecular weight is 219 g/mol. The number of hydrogen-bond donors (Lipinski definition) is 1. The molecule has 2 rings (SSSR count). The average Bonchev–Trinajstić information content (AvgIpc) is 2.74. The topological polar surface area (TPSA) is 51.8 Å². The van der Waals surface area contributed by atoms with Gasteiger partial charge in [-0.2, -0.15) is 0 Å². The Bertz CT molecular complexity index is 425. The summed E-state index contributed by atoms with van der Waals surface area (Å²) in [6.07, 6.45) is 4.41. The van der Waals surface area contributed by atoms with Crippen molar-refractivity contribution in [1.82, 2.24) is 9.97 Å². The molecule has 2 aromatic rings. The highest BCUT2D eigenvalue weighted by Gasteiger charge is 2.10. The number of nitrogens with zero attached hydrogens (tertiary/aromatic N) is 2. The number of pyridine rings is 1. The predicted octanol–water partition coefficient (Wildman–Crippen LogP) is 2.09. The maximum atomic E-state index is 6.07. The van der Waals surface area contributed by atoms with Crippen molar-refractivity contribution in [1.29, 1.82) is 0 Å². The molecule has 0 aliphatic heterocycles. The highest BCUT2D eigenvalue weighted by molar-refractivity contribution is 7.09. The van der Waals surface area contributed by atoms with Gasteiger partial charge in [-0.1, -0.05) is 6.07 Å². The number of aromatic nitrogens is 2. The van der Waals surface area contributed by atoms with Crippen molar-refractivity contribution in [2.75, 3.05) is 0 Å². The van der Waals surface area contributed by atoms with E-state index in [4.69, 9.17) is 5.73 Å². The van der Waals surface area contributed by atoms with Gasteiger partial charge in [-0.3, -0.25) is 9.97 Å². The van der Waals surface area contributed by atoms with Crippen LogP contribution in [0.3, 0.4) is 0 Å². The summed E-state index contributed by atoms with van der Waals surface area (Å²) in [5.74, 6) is 0. The van der Waals surface area contributed by atoms with E-state index < -0.39 is 0 Å². The first-order valence-electron chi connectivity index (χ1n) is 4.82. The van der Waals surface area contributed by atoms with Crippen LogP contribution in [-0.2, 0) is 6.42 Å². The molecule has 15 heavy (non-hydrogen) atoms. The first-order valence-corrected chi connectivity index (χ1v) is 5.70. The van der Waals surface area contributed by atoms with E-state index >= 15 is 0 Å². The number of aryl methyl sites for hydroxylation is 1. The molecular weight excluding hydrogens is 206 g/mol. The fourth-order valence-corrected chi connectivity index (χ4v) is 2.07. The molecule has 0 saturated heterocycles. The zero-order chi connectivity index (χ0) is 10.7. The van der Waals surface area contributed by atoms with Gasteiger partial charge in [-0.05, 0) is 18.6 Å². The smallest absolute Gasteiger partial charge is 0.0794 e. The van der Waals surface area contributed by atoms with Gasteiger partial charge >= 0.3 is 0 Å². The number of nitrogens with two attached hydrogens (primary N) is 1. The first-order chi connectivity index (χ1) is 7.27. The molecule has 2 N–H and O–H groups in total. The highest BCUT2D eigenvalue weighted by Crippen LogP contribution is 2.19. The summed E-state index contributed by atoms with van der Waals surface area (Å²) < 4.78 is 0. The van der Waals surface area contributed by atoms with Gasteiger partial charge in [0.15, 0.2) is 0 Å². The van der Waals surface area contributed by atoms with Crippen LogP contribution in [0.4, 0.5) is 0 Å². The van der Waals surface area contributed by atoms with Gasteiger partial charge in [0.1, 0.15) is 0 Å². The van der Waals surface area contributed by atoms with E-state index in [-0.39, 0.29) is 6.04 Å². The molecule has 3 nitrogen and oxygen atoms in total. The van der Waals surface area contributed by atoms with Gasteiger partial charge in [0.05, 0.1) is 5.51 Å². The Morgan fingerprint density at radius 1 is 1.53 bits per heavy atom. The third-order valence-electron chi connectivity index (χ3n) is 2.35. The second kappa shape index (κ2) is 4.51. The van der Waals surface area contributed by atoms with Crippen LogP contribution in [0.1, 0.15) is 22.2 Å². The molecule has 0 saturated carbocycles. The molecule has 0 radical (unpaired) electrons. The molecule has 78 valence electrons. The lowest BCUT2D eigenvalue weighted by molar-refractivity contribution is 0.714. The molecule has 0 spiro atoms. The monoisotopic (exact) mass is 219 g/mol. The SMILES string of the molecule is Cc1cccnc1CC(N)c1cncs1. The summed E-state index contributed by atoms with van der Waals surface area (Å²) in [7, 11) is 0. The van der Waals surface area contributed by atoms with Crippen LogP contribution in [0.2, 0.25) is 0 Å². The molecule has 1 unspecified atom stereocenters. The van der Waals surface area contributed by atoms with Crippen LogP contribution in [0.25, 0.3) is 0 Å². The van der Waals surface area contributed by atoms with Crippen LogP contribution in [0.15, 0.2) is 30.0 Å². The zero-order valence-electron chi connectivity index (χ0n) is 8.55. The van der Waals surface area contributed by atoms with Gasteiger partial charge in [0, 0.05) is 35.4 Å². The van der Waals surface area contributed by atoms with Crippen molar-refractivity contribution < 1.29 is 0 Å². The van der Waals surface area contributed by atoms with Gasteiger partial charge < -0.3 is 5.73 Å². The second-order valence-corrected chi connectivity index (χ2v) is 4.40. The van der Waals surface area contributed by atoms with Gasteiger partial charge in [0.2, 0.25) is 0 Å². The molecule has 0 bridgehead atoms. The Balaban J connectivity index is 2.13. The van der Waals surface area contributed by atoms with Crippen LogP contribution >= 0.6 is 11.3 Å². The predicted molar refractivity (Wildman–Crippen MR) is 61.7 cm³/mol. The largest absolute Gasteiger partial charge is 0.323 e. The summed E-state index contributed by atoms with van der Waals surface area (Å²) in [5, 5.41) is 0. The van der Waals surface area contributed by atoms with Crippen LogP contribution in [-0.4, -0.2) is 9.97 Å². The lowest BCUT2D eigenvalue weighted by atomic mass is 10.1. The third-order valence-corrected chi connectivity index (χ3v) is 3.26. The third kappa shape index (κ3) is 2.40. The van der Waals surface area contributed by atoms with Crippen molar-refractivity contribution in [3.8, 4) is 0 Å². The van der Waals surface area contributed by atoms with Crippen molar-refractivity contribution in [3.63, 3.8) is 0 Å². The summed E-state index contributed by atoms with van der Waals surface area (Å²) in [4.78, 5) is 9.47. The molecule has 0 aliphatic rings. The molecule has 0 amide bonds. The second-order valence-electron chi connectivity index (χ2n) is 3.48. The van der Waals surface area contributed by atoms with Gasteiger partial charge in [-0.15, -0.1) is 11.3 Å². The quantitative estimate of drug-likeness (QED) is 0.860. The van der Waals surface area contributed by atoms with E-state index in [1.165, 1.54) is 5.56 Å². The number of hydrogen-bond acceptors (Lipinski definition) is 4. The van der Waals surface area contributed by atoms with Crippen LogP contribution in [0, 0.1) is 6.92 Å². The molecule has 2 heterocycles. The number of rotatable bonds is 3. The molecule has 0 aromatic carbocycles. The number of thiazole rings is 1. The highest BCUT2D eigenvalue weighted by atomic mass is 32.1. The lowest BCUT2D eigenvalue weighted by Gasteiger charge is -2.09. The molecule has 2 aromatic heterocycles. The van der Waals surface area contributed by atoms with E-state index in [1.807, 2.05) is 18.5 Å². The molecule has 1 atom stereocenters. The minimum atomic E-state index is 0.00565. The summed E-state index contributed by atoms with van der Waals surface area (Å²) >= 11 is 1.59. The Morgan fingerprint density at radius 2 is 2.40 bits per heavy atom. The molecule has 0 aliphatic carbocycles. The molecule has 4 heteroatoms. The van der Waals surface area contributed by atoms with Gasteiger partial charge in [0.25, 0.3) is 0 Å². The standard InChI is InChI=1S/C11H13N3S/c1-8-3-2-4-14-10(8)5-9(12)11-6-13-7-15-11/h2-4,6-7,9H,5,12H2,1H3. The van der Waals surface area contributed by atoms with E-state index in [2.05, 4.69) is 23.0 Å². The van der Waals surface area contributed by atoms with Crippen LogP contribution in [0.5, 0.6) is 0 Å². The van der Waals surface area contributed by atoms with Crippen molar-refractivity contribution in [2.45, 2.75) is 19.4 Å². The van der Waals surface area contributed by atoms with Crippen molar-refractivity contribution in [3.05, 3.63) is 46.2 Å². The van der Waals surface area contributed by atoms with E-state index in [9.17, 15) is 0 Å². The fraction of sp³-hybridized carbons (Fsp3) is 0.273. The fourth-order valence-electron chi connectivity index (χ4n) is 1.45. The molecular formula is C11H13N3S. The van der Waals surface area contributed by atoms with E-state index in [0.717, 1.165) is 17.0 Å². The summed E-state index contributed by atoms with van der Waals surface area (Å²) in [6.45, 7) is 2.06. The maximum Gasteiger partial charge on any atom is 0.0794 e. The minimum absolute atomic E-state index is 0.00565. The zero-order valence-corrected chi connectivity index (χ0v) is 9.37. The van der Waals surface area contributed by atoms with E-state index in [1.54, 1.807) is 16.8 Å². The van der Waals surface area contributed by atoms with Gasteiger partial charge in [-0.25, -0.2) is 0 Å². The Labute approximate surface area is 93.0 Å². The lowest BCUT2D eigenvalue weighted by Crippen LogP contribution is -2.13. The van der Waals surface area contributed by atoms with Crippen molar-refractivity contribution in [2.24, 2.45) is 5.73 Å². The van der Waals surface area contributed by atoms with E-state index in [0.29, 0.717) is 0 Å². The maximum absolute atomic E-state index is 6.07. The minimum Gasteiger partial charge on any atom is -0.323 e.